The summed E-state index contributed by atoms with van der Waals surface area (Å²) in [5, 5.41) is 14.6. The lowest BCUT2D eigenvalue weighted by atomic mass is 9.93. The minimum atomic E-state index is -0.245. The number of ether oxygens (including phenoxy) is 1. The molecule has 1 N–H and O–H groups in total. The molecule has 0 aliphatic carbocycles. The van der Waals surface area contributed by atoms with Gasteiger partial charge in [0.05, 0.1) is 17.8 Å². The van der Waals surface area contributed by atoms with E-state index in [1.165, 1.54) is 11.3 Å². The molecular weight excluding hydrogens is 310 g/mol. The Bertz CT molecular complexity index is 726. The van der Waals surface area contributed by atoms with Gasteiger partial charge < -0.3 is 10.1 Å². The van der Waals surface area contributed by atoms with E-state index in [4.69, 9.17) is 10.00 Å². The molecule has 0 radical (unpaired) electrons. The van der Waals surface area contributed by atoms with Crippen LogP contribution in [0.3, 0.4) is 0 Å². The number of amides is 1. The van der Waals surface area contributed by atoms with Crippen molar-refractivity contribution in [3.63, 3.8) is 0 Å². The molecule has 0 bridgehead atoms. The third-order valence-electron chi connectivity index (χ3n) is 3.12. The average molecular weight is 329 g/mol. The first kappa shape index (κ1) is 17.0. The highest BCUT2D eigenvalue weighted by molar-refractivity contribution is 7.09. The SMILES string of the molecule is CC(C)(C)c1csc(CNC(=O)COc2ccccc2C#N)n1. The van der Waals surface area contributed by atoms with Gasteiger partial charge in [-0.25, -0.2) is 4.98 Å². The predicted octanol–water partition coefficient (Wildman–Crippen LogP) is 3.01. The molecule has 0 unspecified atom stereocenters. The zero-order valence-electron chi connectivity index (χ0n) is 13.4. The number of aromatic nitrogens is 1. The number of nitrogens with zero attached hydrogens (tertiary/aromatic N) is 2. The van der Waals surface area contributed by atoms with E-state index in [-0.39, 0.29) is 17.9 Å². The van der Waals surface area contributed by atoms with Crippen LogP contribution in [0, 0.1) is 11.3 Å². The lowest BCUT2D eigenvalue weighted by Gasteiger charge is -2.14. The molecule has 6 heteroatoms. The molecule has 0 fully saturated rings. The van der Waals surface area contributed by atoms with Crippen LogP contribution in [0.5, 0.6) is 5.75 Å². The van der Waals surface area contributed by atoms with Crippen molar-refractivity contribution >= 4 is 17.2 Å². The van der Waals surface area contributed by atoms with E-state index < -0.39 is 0 Å². The number of hydrogen-bond acceptors (Lipinski definition) is 5. The van der Waals surface area contributed by atoms with Gasteiger partial charge in [-0.1, -0.05) is 32.9 Å². The summed E-state index contributed by atoms with van der Waals surface area (Å²) in [7, 11) is 0. The fraction of sp³-hybridized carbons (Fsp3) is 0.353. The highest BCUT2D eigenvalue weighted by atomic mass is 32.1. The van der Waals surface area contributed by atoms with Crippen molar-refractivity contribution in [2.45, 2.75) is 32.7 Å². The van der Waals surface area contributed by atoms with Crippen LogP contribution in [-0.4, -0.2) is 17.5 Å². The minimum Gasteiger partial charge on any atom is -0.482 e. The molecule has 120 valence electrons. The number of benzene rings is 1. The maximum absolute atomic E-state index is 11.9. The van der Waals surface area contributed by atoms with Gasteiger partial charge in [-0.15, -0.1) is 11.3 Å². The molecule has 2 aromatic rings. The van der Waals surface area contributed by atoms with Gasteiger partial charge in [0.1, 0.15) is 16.8 Å². The van der Waals surface area contributed by atoms with Gasteiger partial charge in [0.15, 0.2) is 6.61 Å². The summed E-state index contributed by atoms with van der Waals surface area (Å²) >= 11 is 1.53. The summed E-state index contributed by atoms with van der Waals surface area (Å²) in [6, 6.07) is 8.86. The quantitative estimate of drug-likeness (QED) is 0.915. The molecule has 1 aromatic heterocycles. The standard InChI is InChI=1S/C17H19N3O2S/c1-17(2,3)14-11-23-16(20-14)9-19-15(21)10-22-13-7-5-4-6-12(13)8-18/h4-7,11H,9-10H2,1-3H3,(H,19,21). The fourth-order valence-corrected chi connectivity index (χ4v) is 2.75. The summed E-state index contributed by atoms with van der Waals surface area (Å²) in [6.07, 6.45) is 0. The van der Waals surface area contributed by atoms with Crippen LogP contribution in [0.25, 0.3) is 0 Å². The number of para-hydroxylation sites is 1. The molecule has 5 nitrogen and oxygen atoms in total. The van der Waals surface area contributed by atoms with E-state index in [1.54, 1.807) is 24.3 Å². The molecule has 1 amide bonds. The maximum atomic E-state index is 11.9. The van der Waals surface area contributed by atoms with Crippen LogP contribution >= 0.6 is 11.3 Å². The van der Waals surface area contributed by atoms with E-state index in [9.17, 15) is 4.79 Å². The Balaban J connectivity index is 1.84. The monoisotopic (exact) mass is 329 g/mol. The van der Waals surface area contributed by atoms with E-state index >= 15 is 0 Å². The van der Waals surface area contributed by atoms with Crippen molar-refractivity contribution in [2.75, 3.05) is 6.61 Å². The summed E-state index contributed by atoms with van der Waals surface area (Å²) in [5.74, 6) is 0.166. The zero-order chi connectivity index (χ0) is 16.9. The Morgan fingerprint density at radius 1 is 1.39 bits per heavy atom. The van der Waals surface area contributed by atoms with Crippen LogP contribution in [0.1, 0.15) is 37.0 Å². The van der Waals surface area contributed by atoms with E-state index in [0.29, 0.717) is 17.9 Å². The number of hydrogen-bond donors (Lipinski definition) is 1. The average Bonchev–Trinajstić information content (AvgIpc) is 3.00. The Morgan fingerprint density at radius 3 is 2.78 bits per heavy atom. The summed E-state index contributed by atoms with van der Waals surface area (Å²) in [6.45, 7) is 6.56. The summed E-state index contributed by atoms with van der Waals surface area (Å²) in [4.78, 5) is 16.4. The molecule has 2 rings (SSSR count). The number of carbonyl (C=O) groups excluding carboxylic acids is 1. The van der Waals surface area contributed by atoms with Crippen molar-refractivity contribution in [3.05, 3.63) is 45.9 Å². The summed E-state index contributed by atoms with van der Waals surface area (Å²) < 4.78 is 5.39. The molecule has 0 saturated carbocycles. The highest BCUT2D eigenvalue weighted by Gasteiger charge is 2.17. The smallest absolute Gasteiger partial charge is 0.258 e. The molecule has 0 aliphatic heterocycles. The second-order valence-corrected chi connectivity index (χ2v) is 6.99. The van der Waals surface area contributed by atoms with Gasteiger partial charge in [-0.3, -0.25) is 4.79 Å². The molecule has 1 heterocycles. The number of nitriles is 1. The van der Waals surface area contributed by atoms with Gasteiger partial charge >= 0.3 is 0 Å². The predicted molar refractivity (Wildman–Crippen MR) is 89.3 cm³/mol. The second kappa shape index (κ2) is 7.25. The second-order valence-electron chi connectivity index (χ2n) is 6.05. The van der Waals surface area contributed by atoms with Gasteiger partial charge in [0.2, 0.25) is 0 Å². The Morgan fingerprint density at radius 2 is 2.13 bits per heavy atom. The van der Waals surface area contributed by atoms with Crippen molar-refractivity contribution in [3.8, 4) is 11.8 Å². The molecule has 0 aliphatic rings. The normalized spacial score (nSPS) is 10.9. The van der Waals surface area contributed by atoms with E-state index in [0.717, 1.165) is 10.7 Å². The van der Waals surface area contributed by atoms with E-state index in [1.807, 2.05) is 11.4 Å². The molecule has 0 spiro atoms. The van der Waals surface area contributed by atoms with Crippen molar-refractivity contribution < 1.29 is 9.53 Å². The number of nitrogens with one attached hydrogen (secondary N) is 1. The van der Waals surface area contributed by atoms with Crippen LogP contribution in [0.4, 0.5) is 0 Å². The maximum Gasteiger partial charge on any atom is 0.258 e. The fourth-order valence-electron chi connectivity index (χ4n) is 1.79. The van der Waals surface area contributed by atoms with E-state index in [2.05, 4.69) is 31.1 Å². The third kappa shape index (κ3) is 4.80. The molecule has 23 heavy (non-hydrogen) atoms. The van der Waals surface area contributed by atoms with Crippen LogP contribution < -0.4 is 10.1 Å². The highest BCUT2D eigenvalue weighted by Crippen LogP contribution is 2.23. The van der Waals surface area contributed by atoms with Crippen LogP contribution in [0.15, 0.2) is 29.6 Å². The Labute approximate surface area is 139 Å². The Kier molecular flexibility index (Phi) is 5.35. The number of carbonyl (C=O) groups is 1. The van der Waals surface area contributed by atoms with Crippen molar-refractivity contribution in [1.29, 1.82) is 5.26 Å². The number of rotatable bonds is 5. The zero-order valence-corrected chi connectivity index (χ0v) is 14.2. The third-order valence-corrected chi connectivity index (χ3v) is 3.97. The molecule has 1 aromatic carbocycles. The minimum absolute atomic E-state index is 0.00285. The van der Waals surface area contributed by atoms with Gasteiger partial charge in [-0.2, -0.15) is 5.26 Å². The first-order valence-electron chi connectivity index (χ1n) is 7.23. The first-order valence-corrected chi connectivity index (χ1v) is 8.11. The molecule has 0 saturated heterocycles. The van der Waals surface area contributed by atoms with Gasteiger partial charge in [0, 0.05) is 10.8 Å². The van der Waals surface area contributed by atoms with Crippen molar-refractivity contribution in [1.82, 2.24) is 10.3 Å². The Hall–Kier alpha value is -2.39. The number of thiazole rings is 1. The van der Waals surface area contributed by atoms with Crippen LogP contribution in [-0.2, 0) is 16.8 Å². The summed E-state index contributed by atoms with van der Waals surface area (Å²) in [5.41, 5.74) is 1.43. The molecule has 0 atom stereocenters. The first-order chi connectivity index (χ1) is 10.9. The van der Waals surface area contributed by atoms with Crippen LogP contribution in [0.2, 0.25) is 0 Å². The van der Waals surface area contributed by atoms with Gasteiger partial charge in [0.25, 0.3) is 5.91 Å². The lowest BCUT2D eigenvalue weighted by molar-refractivity contribution is -0.123. The largest absolute Gasteiger partial charge is 0.482 e. The topological polar surface area (TPSA) is 75.0 Å². The lowest BCUT2D eigenvalue weighted by Crippen LogP contribution is -2.28. The van der Waals surface area contributed by atoms with Crippen molar-refractivity contribution in [2.24, 2.45) is 0 Å². The van der Waals surface area contributed by atoms with Gasteiger partial charge in [-0.05, 0) is 12.1 Å². The molecular formula is C17H19N3O2S.